The number of nitrogens with one attached hydrogen (secondary N) is 1. The molecule has 0 unspecified atom stereocenters. The predicted molar refractivity (Wildman–Crippen MR) is 98.9 cm³/mol. The first kappa shape index (κ1) is 17.3. The normalized spacial score (nSPS) is 10.7. The Morgan fingerprint density at radius 1 is 1.16 bits per heavy atom. The van der Waals surface area contributed by atoms with Gasteiger partial charge in [0.25, 0.3) is 0 Å². The van der Waals surface area contributed by atoms with Crippen LogP contribution in [0.4, 0.5) is 16.6 Å². The molecule has 0 fully saturated rings. The van der Waals surface area contributed by atoms with Gasteiger partial charge in [-0.25, -0.2) is 15.0 Å². The number of hydrogen-bond acceptors (Lipinski definition) is 8. The van der Waals surface area contributed by atoms with Gasteiger partial charge in [0.1, 0.15) is 6.33 Å². The highest BCUT2D eigenvalue weighted by Crippen LogP contribution is 2.38. The van der Waals surface area contributed by atoms with Crippen molar-refractivity contribution < 1.29 is 4.92 Å². The molecule has 2 heterocycles. The standard InChI is InChI=1S/C16H15N5O2S2/c1-9-4-6-12(7-5-9)25-15-13(21(22)23)14(17-8-18-15)20-16-19-10(2)11(3)24-16/h4-8H,1-3H3,(H,17,18,19,20). The summed E-state index contributed by atoms with van der Waals surface area (Å²) in [6, 6.07) is 7.73. The molecular formula is C16H15N5O2S2. The van der Waals surface area contributed by atoms with Gasteiger partial charge in [0.15, 0.2) is 10.2 Å². The van der Waals surface area contributed by atoms with Gasteiger partial charge in [-0.05, 0) is 32.9 Å². The van der Waals surface area contributed by atoms with E-state index in [1.165, 1.54) is 29.4 Å². The number of benzene rings is 1. The molecule has 0 bridgehead atoms. The molecule has 0 atom stereocenters. The smallest absolute Gasteiger partial charge is 0.310 e. The maximum absolute atomic E-state index is 11.6. The SMILES string of the molecule is Cc1ccc(Sc2ncnc(Nc3nc(C)c(C)s3)c2[N+](=O)[O-])cc1. The van der Waals surface area contributed by atoms with E-state index in [9.17, 15) is 10.1 Å². The number of rotatable bonds is 5. The number of anilines is 2. The summed E-state index contributed by atoms with van der Waals surface area (Å²) >= 11 is 2.66. The summed E-state index contributed by atoms with van der Waals surface area (Å²) in [5, 5.41) is 15.4. The summed E-state index contributed by atoms with van der Waals surface area (Å²) in [6.45, 7) is 5.83. The van der Waals surface area contributed by atoms with Crippen LogP contribution < -0.4 is 5.32 Å². The van der Waals surface area contributed by atoms with Crippen LogP contribution in [-0.4, -0.2) is 19.9 Å². The van der Waals surface area contributed by atoms with Gasteiger partial charge in [-0.1, -0.05) is 29.5 Å². The van der Waals surface area contributed by atoms with Crippen LogP contribution in [0.1, 0.15) is 16.1 Å². The zero-order valence-electron chi connectivity index (χ0n) is 13.8. The molecule has 25 heavy (non-hydrogen) atoms. The average molecular weight is 373 g/mol. The zero-order chi connectivity index (χ0) is 18.0. The molecular weight excluding hydrogens is 358 g/mol. The Bertz CT molecular complexity index is 905. The van der Waals surface area contributed by atoms with E-state index in [1.54, 1.807) is 0 Å². The largest absolute Gasteiger partial charge is 0.344 e. The first-order chi connectivity index (χ1) is 11.9. The van der Waals surface area contributed by atoms with Crippen molar-refractivity contribution >= 4 is 39.7 Å². The van der Waals surface area contributed by atoms with Crippen molar-refractivity contribution in [3.8, 4) is 0 Å². The van der Waals surface area contributed by atoms with Crippen molar-refractivity contribution in [3.63, 3.8) is 0 Å². The van der Waals surface area contributed by atoms with Crippen LogP contribution in [0, 0.1) is 30.9 Å². The van der Waals surface area contributed by atoms with Crippen LogP contribution in [-0.2, 0) is 0 Å². The van der Waals surface area contributed by atoms with Gasteiger partial charge in [0.2, 0.25) is 5.82 Å². The molecule has 1 aromatic carbocycles. The molecule has 3 aromatic rings. The van der Waals surface area contributed by atoms with Gasteiger partial charge < -0.3 is 5.32 Å². The fourth-order valence-corrected chi connectivity index (χ4v) is 3.72. The molecule has 0 radical (unpaired) electrons. The molecule has 2 aromatic heterocycles. The maximum atomic E-state index is 11.6. The lowest BCUT2D eigenvalue weighted by Gasteiger charge is -2.06. The van der Waals surface area contributed by atoms with E-state index in [1.807, 2.05) is 45.0 Å². The van der Waals surface area contributed by atoms with Gasteiger partial charge in [-0.2, -0.15) is 0 Å². The van der Waals surface area contributed by atoms with E-state index >= 15 is 0 Å². The van der Waals surface area contributed by atoms with E-state index in [0.29, 0.717) is 5.13 Å². The predicted octanol–water partition coefficient (Wildman–Crippen LogP) is 4.66. The van der Waals surface area contributed by atoms with Crippen LogP contribution >= 0.6 is 23.1 Å². The Balaban J connectivity index is 1.96. The van der Waals surface area contributed by atoms with Crippen molar-refractivity contribution in [2.24, 2.45) is 0 Å². The Morgan fingerprint density at radius 3 is 2.48 bits per heavy atom. The molecule has 7 nitrogen and oxygen atoms in total. The number of thiazole rings is 1. The van der Waals surface area contributed by atoms with E-state index in [-0.39, 0.29) is 16.5 Å². The van der Waals surface area contributed by atoms with Gasteiger partial charge >= 0.3 is 5.69 Å². The van der Waals surface area contributed by atoms with Gasteiger partial charge in [0, 0.05) is 9.77 Å². The number of aromatic nitrogens is 3. The third-order valence-electron chi connectivity index (χ3n) is 3.46. The fourth-order valence-electron chi connectivity index (χ4n) is 2.04. The van der Waals surface area contributed by atoms with Crippen molar-refractivity contribution in [2.45, 2.75) is 30.7 Å². The summed E-state index contributed by atoms with van der Waals surface area (Å²) < 4.78 is 0. The minimum atomic E-state index is -0.466. The second kappa shape index (κ2) is 7.16. The molecule has 3 rings (SSSR count). The molecule has 9 heteroatoms. The highest BCUT2D eigenvalue weighted by molar-refractivity contribution is 7.99. The number of nitrogens with zero attached hydrogens (tertiary/aromatic N) is 4. The lowest BCUT2D eigenvalue weighted by atomic mass is 10.2. The van der Waals surface area contributed by atoms with E-state index in [4.69, 9.17) is 0 Å². The Labute approximate surface area is 152 Å². The monoisotopic (exact) mass is 373 g/mol. The molecule has 0 aliphatic heterocycles. The van der Waals surface area contributed by atoms with Gasteiger partial charge in [-0.15, -0.1) is 11.3 Å². The third-order valence-corrected chi connectivity index (χ3v) is 5.45. The molecule has 0 saturated carbocycles. The average Bonchev–Trinajstić information content (AvgIpc) is 2.87. The summed E-state index contributed by atoms with van der Waals surface area (Å²) in [5.41, 5.74) is 1.86. The number of nitro groups is 1. The van der Waals surface area contributed by atoms with E-state index < -0.39 is 4.92 Å². The van der Waals surface area contributed by atoms with Crippen LogP contribution in [0.2, 0.25) is 0 Å². The van der Waals surface area contributed by atoms with Crippen molar-refractivity contribution in [1.29, 1.82) is 0 Å². The van der Waals surface area contributed by atoms with Crippen LogP contribution in [0.3, 0.4) is 0 Å². The Kier molecular flexibility index (Phi) is 4.95. The highest BCUT2D eigenvalue weighted by Gasteiger charge is 2.24. The highest BCUT2D eigenvalue weighted by atomic mass is 32.2. The number of aryl methyl sites for hydroxylation is 3. The second-order valence-corrected chi connectivity index (χ2v) is 7.60. The first-order valence-electron chi connectivity index (χ1n) is 7.39. The van der Waals surface area contributed by atoms with Crippen molar-refractivity contribution in [2.75, 3.05) is 5.32 Å². The molecule has 0 aliphatic rings. The molecule has 0 amide bonds. The van der Waals surface area contributed by atoms with E-state index in [0.717, 1.165) is 21.0 Å². The minimum Gasteiger partial charge on any atom is -0.310 e. The second-order valence-electron chi connectivity index (χ2n) is 5.33. The van der Waals surface area contributed by atoms with Crippen molar-refractivity contribution in [3.05, 3.63) is 56.8 Å². The fraction of sp³-hybridized carbons (Fsp3) is 0.188. The topological polar surface area (TPSA) is 93.8 Å². The molecule has 0 aliphatic carbocycles. The van der Waals surface area contributed by atoms with Crippen molar-refractivity contribution in [1.82, 2.24) is 15.0 Å². The van der Waals surface area contributed by atoms with Crippen LogP contribution in [0.5, 0.6) is 0 Å². The molecule has 0 spiro atoms. The molecule has 128 valence electrons. The summed E-state index contributed by atoms with van der Waals surface area (Å²) in [7, 11) is 0. The summed E-state index contributed by atoms with van der Waals surface area (Å²) in [5.74, 6) is 0.142. The quantitative estimate of drug-likeness (QED) is 0.395. The molecule has 1 N–H and O–H groups in total. The first-order valence-corrected chi connectivity index (χ1v) is 9.02. The third kappa shape index (κ3) is 3.94. The Hall–Kier alpha value is -2.52. The van der Waals surface area contributed by atoms with Crippen LogP contribution in [0.15, 0.2) is 40.5 Å². The summed E-state index contributed by atoms with van der Waals surface area (Å²) in [4.78, 5) is 25.5. The van der Waals surface area contributed by atoms with Crippen LogP contribution in [0.25, 0.3) is 0 Å². The number of hydrogen-bond donors (Lipinski definition) is 1. The lowest BCUT2D eigenvalue weighted by Crippen LogP contribution is -2.02. The minimum absolute atomic E-state index is 0.142. The lowest BCUT2D eigenvalue weighted by molar-refractivity contribution is -0.387. The van der Waals surface area contributed by atoms with Gasteiger partial charge in [0.05, 0.1) is 10.6 Å². The van der Waals surface area contributed by atoms with E-state index in [2.05, 4.69) is 20.3 Å². The Morgan fingerprint density at radius 2 is 1.88 bits per heavy atom. The zero-order valence-corrected chi connectivity index (χ0v) is 15.4. The summed E-state index contributed by atoms with van der Waals surface area (Å²) in [6.07, 6.45) is 1.32. The maximum Gasteiger partial charge on any atom is 0.344 e. The molecule has 0 saturated heterocycles. The van der Waals surface area contributed by atoms with Gasteiger partial charge in [-0.3, -0.25) is 10.1 Å².